The van der Waals surface area contributed by atoms with Crippen molar-refractivity contribution < 1.29 is 9.18 Å². The molecule has 1 heterocycles. The average molecular weight is 305 g/mol. The molecule has 20 heavy (non-hydrogen) atoms. The van der Waals surface area contributed by atoms with Gasteiger partial charge in [0.2, 0.25) is 0 Å². The third-order valence-corrected chi connectivity index (χ3v) is 4.51. The maximum absolute atomic E-state index is 13.4. The maximum Gasteiger partial charge on any atom is 0.177 e. The first kappa shape index (κ1) is 13.3. The summed E-state index contributed by atoms with van der Waals surface area (Å²) in [6.45, 7) is 0. The van der Waals surface area contributed by atoms with E-state index in [1.807, 2.05) is 30.3 Å². The van der Waals surface area contributed by atoms with E-state index in [0.717, 1.165) is 10.1 Å². The van der Waals surface area contributed by atoms with Crippen LogP contribution >= 0.6 is 22.9 Å². The standard InChI is InChI=1S/C16H10ClFOS/c17-12-6-5-10(7-13(12)18)8-14(19)16-9-11-3-1-2-4-15(11)20-16/h1-7,9H,8H2. The van der Waals surface area contributed by atoms with Gasteiger partial charge in [-0.3, -0.25) is 4.79 Å². The molecular formula is C16H10ClFOS. The van der Waals surface area contributed by atoms with Gasteiger partial charge in [-0.25, -0.2) is 4.39 Å². The molecule has 1 nitrogen and oxygen atoms in total. The van der Waals surface area contributed by atoms with Gasteiger partial charge < -0.3 is 0 Å². The van der Waals surface area contributed by atoms with E-state index in [0.29, 0.717) is 10.4 Å². The zero-order valence-corrected chi connectivity index (χ0v) is 12.0. The smallest absolute Gasteiger partial charge is 0.177 e. The van der Waals surface area contributed by atoms with Crippen molar-refractivity contribution in [1.29, 1.82) is 0 Å². The Morgan fingerprint density at radius 3 is 2.70 bits per heavy atom. The van der Waals surface area contributed by atoms with Crippen molar-refractivity contribution in [3.63, 3.8) is 0 Å². The van der Waals surface area contributed by atoms with E-state index in [1.54, 1.807) is 6.07 Å². The fourth-order valence-electron chi connectivity index (χ4n) is 2.04. The van der Waals surface area contributed by atoms with Crippen LogP contribution in [0.5, 0.6) is 0 Å². The third-order valence-electron chi connectivity index (χ3n) is 3.05. The van der Waals surface area contributed by atoms with Crippen molar-refractivity contribution in [3.05, 3.63) is 69.8 Å². The summed E-state index contributed by atoms with van der Waals surface area (Å²) in [4.78, 5) is 12.9. The lowest BCUT2D eigenvalue weighted by Gasteiger charge is -2.00. The monoisotopic (exact) mass is 304 g/mol. The summed E-state index contributed by atoms with van der Waals surface area (Å²) >= 11 is 7.09. The van der Waals surface area contributed by atoms with E-state index in [2.05, 4.69) is 0 Å². The van der Waals surface area contributed by atoms with Crippen LogP contribution in [0.25, 0.3) is 10.1 Å². The van der Waals surface area contributed by atoms with Gasteiger partial charge in [-0.05, 0) is 35.2 Å². The van der Waals surface area contributed by atoms with E-state index < -0.39 is 5.82 Å². The molecule has 0 aliphatic carbocycles. The zero-order valence-electron chi connectivity index (χ0n) is 10.4. The fourth-order valence-corrected chi connectivity index (χ4v) is 3.16. The fraction of sp³-hybridized carbons (Fsp3) is 0.0625. The molecule has 3 rings (SSSR count). The summed E-state index contributed by atoms with van der Waals surface area (Å²) in [5.41, 5.74) is 0.634. The quantitative estimate of drug-likeness (QED) is 0.614. The van der Waals surface area contributed by atoms with E-state index in [-0.39, 0.29) is 17.2 Å². The summed E-state index contributed by atoms with van der Waals surface area (Å²) in [5, 5.41) is 1.13. The van der Waals surface area contributed by atoms with E-state index in [4.69, 9.17) is 11.6 Å². The van der Waals surface area contributed by atoms with Gasteiger partial charge in [0.05, 0.1) is 9.90 Å². The lowest BCUT2D eigenvalue weighted by Crippen LogP contribution is -2.01. The molecule has 0 bridgehead atoms. The Morgan fingerprint density at radius 2 is 1.95 bits per heavy atom. The van der Waals surface area contributed by atoms with Crippen LogP contribution in [0.1, 0.15) is 15.2 Å². The summed E-state index contributed by atoms with van der Waals surface area (Å²) in [7, 11) is 0. The predicted molar refractivity (Wildman–Crippen MR) is 81.3 cm³/mol. The predicted octanol–water partition coefficient (Wildman–Crippen LogP) is 5.12. The van der Waals surface area contributed by atoms with Crippen LogP contribution in [-0.4, -0.2) is 5.78 Å². The van der Waals surface area contributed by atoms with Gasteiger partial charge in [-0.1, -0.05) is 35.9 Å². The van der Waals surface area contributed by atoms with Crippen LogP contribution in [0.15, 0.2) is 48.5 Å². The lowest BCUT2D eigenvalue weighted by atomic mass is 10.1. The second kappa shape index (κ2) is 5.35. The van der Waals surface area contributed by atoms with E-state index >= 15 is 0 Å². The molecule has 2 aromatic carbocycles. The Balaban J connectivity index is 1.86. The molecule has 3 aromatic rings. The number of carbonyl (C=O) groups is 1. The molecule has 0 atom stereocenters. The Morgan fingerprint density at radius 1 is 1.15 bits per heavy atom. The molecule has 0 aliphatic heterocycles. The number of thiophene rings is 1. The number of hydrogen-bond acceptors (Lipinski definition) is 2. The topological polar surface area (TPSA) is 17.1 Å². The number of Topliss-reactive ketones (excluding diaryl/α,β-unsaturated/α-hetero) is 1. The summed E-state index contributed by atoms with van der Waals surface area (Å²) < 4.78 is 14.4. The average Bonchev–Trinajstić information content (AvgIpc) is 2.87. The Labute approximate surface area is 124 Å². The van der Waals surface area contributed by atoms with Gasteiger partial charge >= 0.3 is 0 Å². The second-order valence-electron chi connectivity index (χ2n) is 4.50. The van der Waals surface area contributed by atoms with Crippen molar-refractivity contribution >= 4 is 38.8 Å². The van der Waals surface area contributed by atoms with Crippen molar-refractivity contribution in [3.8, 4) is 0 Å². The molecule has 0 aliphatic rings. The van der Waals surface area contributed by atoms with Crippen molar-refractivity contribution in [2.24, 2.45) is 0 Å². The Hall–Kier alpha value is -1.71. The van der Waals surface area contributed by atoms with Crippen molar-refractivity contribution in [1.82, 2.24) is 0 Å². The van der Waals surface area contributed by atoms with Gasteiger partial charge in [-0.15, -0.1) is 11.3 Å². The second-order valence-corrected chi connectivity index (χ2v) is 5.99. The van der Waals surface area contributed by atoms with Gasteiger partial charge in [0.1, 0.15) is 5.82 Å². The van der Waals surface area contributed by atoms with Crippen LogP contribution in [0.4, 0.5) is 4.39 Å². The van der Waals surface area contributed by atoms with Gasteiger partial charge in [0.15, 0.2) is 5.78 Å². The van der Waals surface area contributed by atoms with Crippen LogP contribution < -0.4 is 0 Å². The number of halogens is 2. The molecule has 0 radical (unpaired) electrons. The molecule has 0 fully saturated rings. The van der Waals surface area contributed by atoms with Gasteiger partial charge in [0, 0.05) is 11.1 Å². The molecule has 0 saturated carbocycles. The molecule has 0 amide bonds. The first-order valence-corrected chi connectivity index (χ1v) is 7.28. The van der Waals surface area contributed by atoms with Crippen LogP contribution in [0.3, 0.4) is 0 Å². The molecular weight excluding hydrogens is 295 g/mol. The molecule has 0 N–H and O–H groups in total. The largest absolute Gasteiger partial charge is 0.293 e. The highest BCUT2D eigenvalue weighted by Crippen LogP contribution is 2.26. The number of ketones is 1. The normalized spacial score (nSPS) is 10.9. The Bertz CT molecular complexity index is 761. The van der Waals surface area contributed by atoms with Gasteiger partial charge in [-0.2, -0.15) is 0 Å². The first-order valence-electron chi connectivity index (χ1n) is 6.09. The van der Waals surface area contributed by atoms with Crippen LogP contribution in [0, 0.1) is 5.82 Å². The molecule has 1 aromatic heterocycles. The summed E-state index contributed by atoms with van der Waals surface area (Å²) in [6, 6.07) is 14.2. The Kier molecular flexibility index (Phi) is 3.55. The third kappa shape index (κ3) is 2.60. The first-order chi connectivity index (χ1) is 9.63. The minimum atomic E-state index is -0.492. The number of carbonyl (C=O) groups excluding carboxylic acids is 1. The highest BCUT2D eigenvalue weighted by molar-refractivity contribution is 7.20. The molecule has 100 valence electrons. The molecule has 0 saturated heterocycles. The molecule has 0 spiro atoms. The SMILES string of the molecule is O=C(Cc1ccc(Cl)c(F)c1)c1cc2ccccc2s1. The minimum Gasteiger partial charge on any atom is -0.293 e. The lowest BCUT2D eigenvalue weighted by molar-refractivity contribution is 0.0997. The minimum absolute atomic E-state index is 0.00655. The highest BCUT2D eigenvalue weighted by atomic mass is 35.5. The van der Waals surface area contributed by atoms with Crippen LogP contribution in [-0.2, 0) is 6.42 Å². The summed E-state index contributed by atoms with van der Waals surface area (Å²) in [5.74, 6) is -0.499. The van der Waals surface area contributed by atoms with Gasteiger partial charge in [0.25, 0.3) is 0 Å². The van der Waals surface area contributed by atoms with E-state index in [9.17, 15) is 9.18 Å². The highest BCUT2D eigenvalue weighted by Gasteiger charge is 2.12. The number of fused-ring (bicyclic) bond motifs is 1. The van der Waals surface area contributed by atoms with Crippen LogP contribution in [0.2, 0.25) is 5.02 Å². The van der Waals surface area contributed by atoms with Crippen molar-refractivity contribution in [2.75, 3.05) is 0 Å². The molecule has 4 heteroatoms. The number of rotatable bonds is 3. The summed E-state index contributed by atoms with van der Waals surface area (Å²) in [6.07, 6.45) is 0.181. The number of hydrogen-bond donors (Lipinski definition) is 0. The van der Waals surface area contributed by atoms with Crippen molar-refractivity contribution in [2.45, 2.75) is 6.42 Å². The molecule has 0 unspecified atom stereocenters. The number of benzene rings is 2. The maximum atomic E-state index is 13.4. The zero-order chi connectivity index (χ0) is 14.1. The van der Waals surface area contributed by atoms with E-state index in [1.165, 1.54) is 23.5 Å².